The van der Waals surface area contributed by atoms with Crippen molar-refractivity contribution in [2.24, 2.45) is 7.05 Å². The molecule has 28 heavy (non-hydrogen) atoms. The molecule has 11 heteroatoms. The van der Waals surface area contributed by atoms with Crippen molar-refractivity contribution in [1.82, 2.24) is 8.87 Å². The van der Waals surface area contributed by atoms with E-state index < -0.39 is 34.3 Å². The topological polar surface area (TPSA) is 97.7 Å². The molecule has 0 bridgehead atoms. The molecular weight excluding hydrogens is 457 g/mol. The molecule has 0 saturated heterocycles. The molecule has 8 nitrogen and oxygen atoms in total. The number of nitrogens with one attached hydrogen (secondary N) is 1. The molecule has 2 rings (SSSR count). The van der Waals surface area contributed by atoms with Crippen molar-refractivity contribution in [2.45, 2.75) is 11.8 Å². The van der Waals surface area contributed by atoms with Crippen LogP contribution in [-0.4, -0.2) is 49.4 Å². The van der Waals surface area contributed by atoms with Crippen LogP contribution in [-0.2, 0) is 26.6 Å². The van der Waals surface area contributed by atoms with Gasteiger partial charge in [0.05, 0.1) is 18.8 Å². The summed E-state index contributed by atoms with van der Waals surface area (Å²) < 4.78 is 46.7. The van der Waals surface area contributed by atoms with Crippen LogP contribution in [0.2, 0.25) is 0 Å². The van der Waals surface area contributed by atoms with Crippen molar-refractivity contribution in [2.75, 3.05) is 25.5 Å². The van der Waals surface area contributed by atoms with Gasteiger partial charge in [0, 0.05) is 24.8 Å². The summed E-state index contributed by atoms with van der Waals surface area (Å²) in [6.45, 7) is 1.25. The number of hydrogen-bond acceptors (Lipinski definition) is 5. The first kappa shape index (κ1) is 22.1. The van der Waals surface area contributed by atoms with Gasteiger partial charge in [0.2, 0.25) is 15.9 Å². The summed E-state index contributed by atoms with van der Waals surface area (Å²) in [5, 5.41) is 2.32. The molecule has 0 aliphatic carbocycles. The van der Waals surface area contributed by atoms with E-state index in [0.717, 1.165) is 4.31 Å². The zero-order valence-electron chi connectivity index (χ0n) is 15.4. The molecule has 0 unspecified atom stereocenters. The Labute approximate surface area is 170 Å². The molecule has 0 atom stereocenters. The molecule has 0 saturated carbocycles. The molecule has 0 radical (unpaired) electrons. The number of aryl methyl sites for hydroxylation is 1. The molecule has 2 aromatic rings. The van der Waals surface area contributed by atoms with Crippen molar-refractivity contribution in [3.63, 3.8) is 0 Å². The lowest BCUT2D eigenvalue weighted by Gasteiger charge is -2.16. The third-order valence-electron chi connectivity index (χ3n) is 3.74. The van der Waals surface area contributed by atoms with Crippen LogP contribution >= 0.6 is 15.9 Å². The highest BCUT2D eigenvalue weighted by atomic mass is 79.9. The first-order valence-corrected chi connectivity index (χ1v) is 10.3. The zero-order valence-corrected chi connectivity index (χ0v) is 17.8. The Bertz CT molecular complexity index is 1010. The SMILES string of the molecule is CCOC(=O)c1cc(S(=O)(=O)N(C)CC(=O)Nc2ccc(Br)cc2F)cn1C. The number of halogens is 2. The number of hydrogen-bond donors (Lipinski definition) is 1. The van der Waals surface area contributed by atoms with Crippen LogP contribution in [0, 0.1) is 5.82 Å². The average molecular weight is 476 g/mol. The standard InChI is InChI=1S/C17H19BrFN3O5S/c1-4-27-17(24)15-8-12(9-21(15)2)28(25,26)22(3)10-16(23)20-14-6-5-11(18)7-13(14)19/h5-9H,4,10H2,1-3H3,(H,20,23). The summed E-state index contributed by atoms with van der Waals surface area (Å²) in [5.74, 6) is -2.03. The lowest BCUT2D eigenvalue weighted by molar-refractivity contribution is -0.116. The van der Waals surface area contributed by atoms with Crippen molar-refractivity contribution < 1.29 is 27.1 Å². The molecule has 1 aromatic carbocycles. The van der Waals surface area contributed by atoms with Gasteiger partial charge in [-0.3, -0.25) is 4.79 Å². The van der Waals surface area contributed by atoms with Crippen molar-refractivity contribution >= 4 is 43.5 Å². The van der Waals surface area contributed by atoms with Crippen LogP contribution in [0.15, 0.2) is 39.8 Å². The van der Waals surface area contributed by atoms with Gasteiger partial charge < -0.3 is 14.6 Å². The number of amides is 1. The Balaban J connectivity index is 2.14. The maximum atomic E-state index is 13.8. The molecule has 0 spiro atoms. The Morgan fingerprint density at radius 3 is 2.61 bits per heavy atom. The van der Waals surface area contributed by atoms with Crippen LogP contribution < -0.4 is 5.32 Å². The van der Waals surface area contributed by atoms with Crippen molar-refractivity contribution in [3.05, 3.63) is 46.4 Å². The van der Waals surface area contributed by atoms with Crippen LogP contribution in [0.3, 0.4) is 0 Å². The molecule has 0 aliphatic rings. The fraction of sp³-hybridized carbons (Fsp3) is 0.294. The highest BCUT2D eigenvalue weighted by Crippen LogP contribution is 2.20. The van der Waals surface area contributed by atoms with Gasteiger partial charge in [0.1, 0.15) is 16.4 Å². The van der Waals surface area contributed by atoms with Crippen LogP contribution in [0.4, 0.5) is 10.1 Å². The molecule has 152 valence electrons. The average Bonchev–Trinajstić information content (AvgIpc) is 3.00. The van der Waals surface area contributed by atoms with Crippen molar-refractivity contribution in [3.8, 4) is 0 Å². The first-order valence-electron chi connectivity index (χ1n) is 8.11. The number of anilines is 1. The predicted molar refractivity (Wildman–Crippen MR) is 104 cm³/mol. The lowest BCUT2D eigenvalue weighted by Crippen LogP contribution is -2.35. The van der Waals surface area contributed by atoms with Crippen LogP contribution in [0.25, 0.3) is 0 Å². The number of esters is 1. The molecule has 0 aliphatic heterocycles. The minimum atomic E-state index is -4.05. The van der Waals surface area contributed by atoms with Gasteiger partial charge in [-0.05, 0) is 31.2 Å². The minimum absolute atomic E-state index is 0.0650. The fourth-order valence-corrected chi connectivity index (χ4v) is 3.86. The zero-order chi connectivity index (χ0) is 21.1. The fourth-order valence-electron chi connectivity index (χ4n) is 2.33. The second-order valence-electron chi connectivity index (χ2n) is 5.83. The van der Waals surface area contributed by atoms with E-state index in [4.69, 9.17) is 4.74 Å². The Morgan fingerprint density at radius 1 is 1.32 bits per heavy atom. The summed E-state index contributed by atoms with van der Waals surface area (Å²) in [7, 11) is -1.33. The first-order chi connectivity index (χ1) is 13.1. The number of sulfonamides is 1. The maximum absolute atomic E-state index is 13.8. The number of rotatable bonds is 7. The van der Waals surface area contributed by atoms with Gasteiger partial charge in [-0.2, -0.15) is 4.31 Å². The number of ether oxygens (including phenoxy) is 1. The summed E-state index contributed by atoms with van der Waals surface area (Å²) in [4.78, 5) is 23.8. The Kier molecular flexibility index (Phi) is 6.96. The van der Waals surface area contributed by atoms with Gasteiger partial charge >= 0.3 is 5.97 Å². The summed E-state index contributed by atoms with van der Waals surface area (Å²) in [6.07, 6.45) is 1.25. The predicted octanol–water partition coefficient (Wildman–Crippen LogP) is 2.36. The summed E-state index contributed by atoms with van der Waals surface area (Å²) in [5.41, 5.74) is -0.00137. The number of aromatic nitrogens is 1. The van der Waals surface area contributed by atoms with Crippen molar-refractivity contribution in [1.29, 1.82) is 0 Å². The van der Waals surface area contributed by atoms with E-state index in [-0.39, 0.29) is 22.9 Å². The Hall–Kier alpha value is -2.24. The quantitative estimate of drug-likeness (QED) is 0.619. The minimum Gasteiger partial charge on any atom is -0.461 e. The molecular formula is C17H19BrFN3O5S. The molecule has 1 aromatic heterocycles. The Morgan fingerprint density at radius 2 is 2.00 bits per heavy atom. The molecule has 1 heterocycles. The van der Waals surface area contributed by atoms with E-state index in [0.29, 0.717) is 4.47 Å². The van der Waals surface area contributed by atoms with E-state index in [1.807, 2.05) is 0 Å². The number of nitrogens with zero attached hydrogens (tertiary/aromatic N) is 2. The van der Waals surface area contributed by atoms with E-state index in [1.165, 1.54) is 43.1 Å². The number of benzene rings is 1. The van der Waals surface area contributed by atoms with Gasteiger partial charge in [0.25, 0.3) is 0 Å². The van der Waals surface area contributed by atoms with Gasteiger partial charge in [0.15, 0.2) is 0 Å². The normalized spacial score (nSPS) is 11.5. The molecule has 1 N–H and O–H groups in total. The third-order valence-corrected chi connectivity index (χ3v) is 6.01. The van der Waals surface area contributed by atoms with E-state index >= 15 is 0 Å². The number of carbonyl (C=O) groups excluding carboxylic acids is 2. The van der Waals surface area contributed by atoms with Gasteiger partial charge in [-0.15, -0.1) is 0 Å². The molecule has 0 fully saturated rings. The lowest BCUT2D eigenvalue weighted by atomic mass is 10.3. The van der Waals surface area contributed by atoms with Gasteiger partial charge in [-0.25, -0.2) is 17.6 Å². The number of likely N-dealkylation sites (N-methyl/N-ethyl adjacent to an activating group) is 1. The van der Waals surface area contributed by atoms with E-state index in [2.05, 4.69) is 21.2 Å². The van der Waals surface area contributed by atoms with Crippen LogP contribution in [0.5, 0.6) is 0 Å². The maximum Gasteiger partial charge on any atom is 0.354 e. The summed E-state index contributed by atoms with van der Waals surface area (Å²) in [6, 6.07) is 5.25. The highest BCUT2D eigenvalue weighted by Gasteiger charge is 2.27. The largest absolute Gasteiger partial charge is 0.461 e. The smallest absolute Gasteiger partial charge is 0.354 e. The third kappa shape index (κ3) is 4.97. The monoisotopic (exact) mass is 475 g/mol. The van der Waals surface area contributed by atoms with E-state index in [1.54, 1.807) is 13.0 Å². The van der Waals surface area contributed by atoms with E-state index in [9.17, 15) is 22.4 Å². The second-order valence-corrected chi connectivity index (χ2v) is 8.79. The molecule has 1 amide bonds. The van der Waals surface area contributed by atoms with Crippen LogP contribution in [0.1, 0.15) is 17.4 Å². The second kappa shape index (κ2) is 8.84. The number of carbonyl (C=O) groups is 2. The van der Waals surface area contributed by atoms with Gasteiger partial charge in [-0.1, -0.05) is 15.9 Å². The highest BCUT2D eigenvalue weighted by molar-refractivity contribution is 9.10. The summed E-state index contributed by atoms with van der Waals surface area (Å²) >= 11 is 3.11.